The average molecular weight is 354 g/mol. The molecular formula is C20H22N2O4. The van der Waals surface area contributed by atoms with Crippen molar-refractivity contribution in [3.8, 4) is 11.5 Å². The Hall–Kier alpha value is -3.02. The van der Waals surface area contributed by atoms with Crippen LogP contribution in [0.2, 0.25) is 0 Å². The monoisotopic (exact) mass is 354 g/mol. The van der Waals surface area contributed by atoms with E-state index in [0.29, 0.717) is 31.2 Å². The third kappa shape index (κ3) is 3.64. The number of anilines is 2. The Labute approximate surface area is 152 Å². The number of carbonyl (C=O) groups excluding carboxylic acids is 2. The number of nitrogens with zero attached hydrogens (tertiary/aromatic N) is 2. The van der Waals surface area contributed by atoms with Crippen LogP contribution in [-0.4, -0.2) is 39.1 Å². The summed E-state index contributed by atoms with van der Waals surface area (Å²) in [5.41, 5.74) is 1.46. The first-order valence-electron chi connectivity index (χ1n) is 8.53. The second-order valence-corrected chi connectivity index (χ2v) is 6.16. The first kappa shape index (κ1) is 17.8. The van der Waals surface area contributed by atoms with Gasteiger partial charge in [0, 0.05) is 12.6 Å². The molecule has 0 saturated carbocycles. The lowest BCUT2D eigenvalue weighted by Gasteiger charge is -2.24. The molecule has 2 amide bonds. The van der Waals surface area contributed by atoms with Gasteiger partial charge in [0.1, 0.15) is 18.1 Å². The Kier molecular flexibility index (Phi) is 5.41. The van der Waals surface area contributed by atoms with Gasteiger partial charge < -0.3 is 19.3 Å². The minimum Gasteiger partial charge on any atom is -0.497 e. The van der Waals surface area contributed by atoms with E-state index >= 15 is 0 Å². The third-order valence-electron chi connectivity index (χ3n) is 4.39. The van der Waals surface area contributed by atoms with E-state index in [9.17, 15) is 9.59 Å². The molecule has 0 spiro atoms. The summed E-state index contributed by atoms with van der Waals surface area (Å²) in [6, 6.07) is 14.8. The zero-order valence-electron chi connectivity index (χ0n) is 14.9. The standard InChI is InChI=1S/C20H22N2O4/c1-15-13-21(14-23)18-8-3-4-9-19(18)22(20(15)24)10-11-26-17-7-5-6-16(12-17)25-2/h3-9,12,14-15H,10-11,13H2,1-2H3. The molecule has 0 aromatic heterocycles. The summed E-state index contributed by atoms with van der Waals surface area (Å²) in [4.78, 5) is 27.6. The number of ether oxygens (including phenoxy) is 2. The Bertz CT molecular complexity index is 793. The number of carbonyl (C=O) groups is 2. The molecule has 0 aliphatic carbocycles. The lowest BCUT2D eigenvalue weighted by Crippen LogP contribution is -2.38. The number of rotatable bonds is 6. The van der Waals surface area contributed by atoms with Crippen molar-refractivity contribution in [3.05, 3.63) is 48.5 Å². The predicted molar refractivity (Wildman–Crippen MR) is 99.9 cm³/mol. The van der Waals surface area contributed by atoms with E-state index in [0.717, 1.165) is 17.8 Å². The molecule has 1 aliphatic heterocycles. The molecule has 6 nitrogen and oxygen atoms in total. The van der Waals surface area contributed by atoms with Crippen LogP contribution in [0.3, 0.4) is 0 Å². The van der Waals surface area contributed by atoms with Crippen LogP contribution in [0.4, 0.5) is 11.4 Å². The Balaban J connectivity index is 1.78. The molecule has 0 radical (unpaired) electrons. The number of hydrogen-bond acceptors (Lipinski definition) is 4. The zero-order chi connectivity index (χ0) is 18.5. The van der Waals surface area contributed by atoms with E-state index in [1.807, 2.05) is 49.4 Å². The fourth-order valence-corrected chi connectivity index (χ4v) is 3.07. The maximum atomic E-state index is 12.8. The van der Waals surface area contributed by atoms with Crippen LogP contribution < -0.4 is 19.3 Å². The molecule has 1 unspecified atom stereocenters. The Morgan fingerprint density at radius 3 is 2.58 bits per heavy atom. The minimum atomic E-state index is -0.288. The number of fused-ring (bicyclic) bond motifs is 1. The second kappa shape index (κ2) is 7.91. The first-order chi connectivity index (χ1) is 12.6. The topological polar surface area (TPSA) is 59.1 Å². The summed E-state index contributed by atoms with van der Waals surface area (Å²) in [5, 5.41) is 0. The van der Waals surface area contributed by atoms with Crippen molar-refractivity contribution in [2.45, 2.75) is 6.92 Å². The number of hydrogen-bond donors (Lipinski definition) is 0. The molecule has 0 N–H and O–H groups in total. The van der Waals surface area contributed by atoms with Crippen LogP contribution in [0.1, 0.15) is 6.92 Å². The van der Waals surface area contributed by atoms with Crippen LogP contribution in [0.5, 0.6) is 11.5 Å². The fourth-order valence-electron chi connectivity index (χ4n) is 3.07. The molecule has 26 heavy (non-hydrogen) atoms. The van der Waals surface area contributed by atoms with Gasteiger partial charge in [-0.1, -0.05) is 25.1 Å². The molecule has 2 aromatic carbocycles. The summed E-state index contributed by atoms with van der Waals surface area (Å²) in [6.45, 7) is 2.93. The highest BCUT2D eigenvalue weighted by Gasteiger charge is 2.30. The van der Waals surface area contributed by atoms with Crippen LogP contribution in [0.25, 0.3) is 0 Å². The van der Waals surface area contributed by atoms with Crippen LogP contribution in [0.15, 0.2) is 48.5 Å². The highest BCUT2D eigenvalue weighted by Crippen LogP contribution is 2.33. The lowest BCUT2D eigenvalue weighted by molar-refractivity contribution is -0.121. The molecule has 0 bridgehead atoms. The van der Waals surface area contributed by atoms with E-state index < -0.39 is 0 Å². The van der Waals surface area contributed by atoms with Gasteiger partial charge >= 0.3 is 0 Å². The molecule has 0 fully saturated rings. The van der Waals surface area contributed by atoms with Gasteiger partial charge in [0.25, 0.3) is 0 Å². The van der Waals surface area contributed by atoms with Gasteiger partial charge in [0.15, 0.2) is 0 Å². The van der Waals surface area contributed by atoms with E-state index in [4.69, 9.17) is 9.47 Å². The van der Waals surface area contributed by atoms with Crippen LogP contribution in [0, 0.1) is 5.92 Å². The number of benzene rings is 2. The summed E-state index contributed by atoms with van der Waals surface area (Å²) < 4.78 is 11.0. The average Bonchev–Trinajstić information content (AvgIpc) is 2.78. The summed E-state index contributed by atoms with van der Waals surface area (Å²) in [6.07, 6.45) is 0.777. The molecule has 6 heteroatoms. The van der Waals surface area contributed by atoms with Gasteiger partial charge in [-0.15, -0.1) is 0 Å². The molecule has 3 rings (SSSR count). The SMILES string of the molecule is COc1cccc(OCCN2C(=O)C(C)CN(C=O)c3ccccc32)c1. The molecule has 2 aromatic rings. The summed E-state index contributed by atoms with van der Waals surface area (Å²) >= 11 is 0. The van der Waals surface area contributed by atoms with E-state index in [-0.39, 0.29) is 11.8 Å². The Morgan fingerprint density at radius 2 is 1.85 bits per heavy atom. The molecule has 136 valence electrons. The number of amides is 2. The smallest absolute Gasteiger partial charge is 0.231 e. The fraction of sp³-hybridized carbons (Fsp3) is 0.300. The van der Waals surface area contributed by atoms with Crippen molar-refractivity contribution in [2.24, 2.45) is 5.92 Å². The van der Waals surface area contributed by atoms with Gasteiger partial charge in [0.05, 0.1) is 30.9 Å². The maximum absolute atomic E-state index is 12.8. The minimum absolute atomic E-state index is 0.0176. The molecule has 1 aliphatic rings. The Morgan fingerprint density at radius 1 is 1.12 bits per heavy atom. The largest absolute Gasteiger partial charge is 0.497 e. The van der Waals surface area contributed by atoms with Crippen molar-refractivity contribution < 1.29 is 19.1 Å². The highest BCUT2D eigenvalue weighted by molar-refractivity contribution is 6.02. The van der Waals surface area contributed by atoms with Crippen molar-refractivity contribution in [3.63, 3.8) is 0 Å². The van der Waals surface area contributed by atoms with Gasteiger partial charge in [-0.05, 0) is 24.3 Å². The van der Waals surface area contributed by atoms with Gasteiger partial charge in [0.2, 0.25) is 12.3 Å². The first-order valence-corrected chi connectivity index (χ1v) is 8.53. The van der Waals surface area contributed by atoms with E-state index in [1.165, 1.54) is 0 Å². The van der Waals surface area contributed by atoms with Crippen molar-refractivity contribution >= 4 is 23.7 Å². The highest BCUT2D eigenvalue weighted by atomic mass is 16.5. The van der Waals surface area contributed by atoms with Crippen LogP contribution in [-0.2, 0) is 9.59 Å². The molecular weight excluding hydrogens is 332 g/mol. The summed E-state index contributed by atoms with van der Waals surface area (Å²) in [5.74, 6) is 1.09. The normalized spacial score (nSPS) is 16.7. The molecule has 0 saturated heterocycles. The van der Waals surface area contributed by atoms with Crippen LogP contribution >= 0.6 is 0 Å². The second-order valence-electron chi connectivity index (χ2n) is 6.16. The van der Waals surface area contributed by atoms with Gasteiger partial charge in [-0.2, -0.15) is 0 Å². The maximum Gasteiger partial charge on any atom is 0.231 e. The van der Waals surface area contributed by atoms with Crippen molar-refractivity contribution in [1.82, 2.24) is 0 Å². The quantitative estimate of drug-likeness (QED) is 0.749. The van der Waals surface area contributed by atoms with Gasteiger partial charge in [-0.3, -0.25) is 9.59 Å². The molecule has 1 atom stereocenters. The third-order valence-corrected chi connectivity index (χ3v) is 4.39. The lowest BCUT2D eigenvalue weighted by atomic mass is 10.1. The summed E-state index contributed by atoms with van der Waals surface area (Å²) in [7, 11) is 1.60. The molecule has 1 heterocycles. The van der Waals surface area contributed by atoms with E-state index in [1.54, 1.807) is 23.0 Å². The number of methoxy groups -OCH3 is 1. The zero-order valence-corrected chi connectivity index (χ0v) is 14.9. The van der Waals surface area contributed by atoms with Crippen molar-refractivity contribution in [2.75, 3.05) is 36.6 Å². The van der Waals surface area contributed by atoms with E-state index in [2.05, 4.69) is 0 Å². The van der Waals surface area contributed by atoms with Crippen molar-refractivity contribution in [1.29, 1.82) is 0 Å². The predicted octanol–water partition coefficient (Wildman–Crippen LogP) is 2.72. The number of para-hydroxylation sites is 2. The van der Waals surface area contributed by atoms with Gasteiger partial charge in [-0.25, -0.2) is 0 Å².